The SMILES string of the molecule is CN(CC(=O)N1CCCC1)C(=O)c1ccc(N2CCNCC2)c(NS(=O)(=O)c2cccs2)c1.O=C(O)C(F)(F)F. The standard InChI is InChI=1S/C22H29N5O4S2.C2HF3O2/c1-25(16-20(28)27-10-2-3-11-27)22(29)17-6-7-19(26-12-8-23-9-13-26)18(15-17)24-33(30,31)21-5-4-14-32-21;3-2(4,5)1(6)7/h4-7,14-15,23-24H,2-3,8-13,16H2,1H3;(H,6,7). The van der Waals surface area contributed by atoms with Crippen molar-refractivity contribution in [1.29, 1.82) is 0 Å². The predicted octanol–water partition coefficient (Wildman–Crippen LogP) is 2.29. The van der Waals surface area contributed by atoms with Gasteiger partial charge in [-0.15, -0.1) is 11.3 Å². The lowest BCUT2D eigenvalue weighted by molar-refractivity contribution is -0.192. The van der Waals surface area contributed by atoms with Crippen LogP contribution in [-0.4, -0.2) is 100 Å². The van der Waals surface area contributed by atoms with E-state index in [0.29, 0.717) is 11.3 Å². The van der Waals surface area contributed by atoms with Gasteiger partial charge in [0.05, 0.1) is 17.9 Å². The number of alkyl halides is 3. The lowest BCUT2D eigenvalue weighted by Gasteiger charge is -2.31. The van der Waals surface area contributed by atoms with E-state index < -0.39 is 22.2 Å². The molecular formula is C24H30F3N5O6S2. The normalized spacial score (nSPS) is 15.7. The van der Waals surface area contributed by atoms with Gasteiger partial charge in [-0.25, -0.2) is 13.2 Å². The van der Waals surface area contributed by atoms with E-state index in [4.69, 9.17) is 9.90 Å². The predicted molar refractivity (Wildman–Crippen MR) is 143 cm³/mol. The number of nitrogens with one attached hydrogen (secondary N) is 2. The molecule has 2 aliphatic rings. The van der Waals surface area contributed by atoms with Crippen molar-refractivity contribution in [2.45, 2.75) is 23.2 Å². The van der Waals surface area contributed by atoms with Gasteiger partial charge in [0.15, 0.2) is 0 Å². The molecule has 1 aromatic heterocycles. The van der Waals surface area contributed by atoms with Crippen molar-refractivity contribution in [3.05, 3.63) is 41.3 Å². The summed E-state index contributed by atoms with van der Waals surface area (Å²) in [5.41, 5.74) is 1.41. The van der Waals surface area contributed by atoms with E-state index in [1.807, 2.05) is 0 Å². The summed E-state index contributed by atoms with van der Waals surface area (Å²) in [6.45, 7) is 4.49. The maximum atomic E-state index is 13.1. The molecule has 3 N–H and O–H groups in total. The number of hydrogen-bond donors (Lipinski definition) is 3. The van der Waals surface area contributed by atoms with Crippen molar-refractivity contribution in [3.63, 3.8) is 0 Å². The molecule has 0 spiro atoms. The average Bonchev–Trinajstić information content (AvgIpc) is 3.64. The number of thiophene rings is 1. The molecule has 4 rings (SSSR count). The van der Waals surface area contributed by atoms with Gasteiger partial charge in [-0.2, -0.15) is 13.2 Å². The largest absolute Gasteiger partial charge is 0.490 e. The Bertz CT molecular complexity index is 1290. The highest BCUT2D eigenvalue weighted by molar-refractivity contribution is 7.94. The maximum absolute atomic E-state index is 13.1. The minimum atomic E-state index is -5.08. The third-order valence-corrected chi connectivity index (χ3v) is 8.89. The van der Waals surface area contributed by atoms with Gasteiger partial charge in [-0.1, -0.05) is 6.07 Å². The number of aliphatic carboxylic acids is 1. The van der Waals surface area contributed by atoms with E-state index in [2.05, 4.69) is 14.9 Å². The first-order valence-corrected chi connectivity index (χ1v) is 14.7. The molecule has 220 valence electrons. The molecular weight excluding hydrogens is 575 g/mol. The number of hydrogen-bond acceptors (Lipinski definition) is 8. The van der Waals surface area contributed by atoms with Crippen LogP contribution in [0.2, 0.25) is 0 Å². The Labute approximate surface area is 233 Å². The Morgan fingerprint density at radius 1 is 1.10 bits per heavy atom. The van der Waals surface area contributed by atoms with Crippen LogP contribution in [0.5, 0.6) is 0 Å². The zero-order chi connectivity index (χ0) is 29.5. The molecule has 16 heteroatoms. The Hall–Kier alpha value is -3.37. The van der Waals surface area contributed by atoms with Crippen molar-refractivity contribution < 1.29 is 41.1 Å². The number of likely N-dealkylation sites (tertiary alicyclic amines) is 1. The number of carbonyl (C=O) groups is 3. The second-order valence-electron chi connectivity index (χ2n) is 9.06. The van der Waals surface area contributed by atoms with E-state index in [1.165, 1.54) is 4.90 Å². The van der Waals surface area contributed by atoms with Crippen LogP contribution in [0, 0.1) is 0 Å². The molecule has 0 radical (unpaired) electrons. The van der Waals surface area contributed by atoms with Crippen LogP contribution < -0.4 is 14.9 Å². The fourth-order valence-corrected chi connectivity index (χ4v) is 6.16. The monoisotopic (exact) mass is 605 g/mol. The summed E-state index contributed by atoms with van der Waals surface area (Å²) in [6, 6.07) is 8.27. The number of halogens is 3. The lowest BCUT2D eigenvalue weighted by atomic mass is 10.1. The minimum Gasteiger partial charge on any atom is -0.475 e. The van der Waals surface area contributed by atoms with Crippen molar-refractivity contribution in [3.8, 4) is 0 Å². The van der Waals surface area contributed by atoms with Crippen molar-refractivity contribution in [1.82, 2.24) is 15.1 Å². The van der Waals surface area contributed by atoms with E-state index in [1.54, 1.807) is 47.7 Å². The summed E-state index contributed by atoms with van der Waals surface area (Å²) in [5.74, 6) is -3.15. The maximum Gasteiger partial charge on any atom is 0.490 e. The first-order valence-electron chi connectivity index (χ1n) is 12.3. The van der Waals surface area contributed by atoms with Crippen LogP contribution in [0.1, 0.15) is 23.2 Å². The molecule has 0 atom stereocenters. The van der Waals surface area contributed by atoms with Crippen LogP contribution in [-0.2, 0) is 19.6 Å². The highest BCUT2D eigenvalue weighted by Gasteiger charge is 2.38. The number of carboxylic acids is 1. The van der Waals surface area contributed by atoms with Crippen molar-refractivity contribution in [2.24, 2.45) is 0 Å². The smallest absolute Gasteiger partial charge is 0.475 e. The number of piperazine rings is 1. The van der Waals surface area contributed by atoms with Crippen molar-refractivity contribution >= 4 is 50.5 Å². The molecule has 11 nitrogen and oxygen atoms in total. The summed E-state index contributed by atoms with van der Waals surface area (Å²) in [6.07, 6.45) is -3.10. The number of carbonyl (C=O) groups excluding carboxylic acids is 2. The molecule has 1 aromatic carbocycles. The number of sulfonamides is 1. The molecule has 40 heavy (non-hydrogen) atoms. The summed E-state index contributed by atoms with van der Waals surface area (Å²) in [5, 5.41) is 12.1. The van der Waals surface area contributed by atoms with Gasteiger partial charge < -0.3 is 25.1 Å². The zero-order valence-corrected chi connectivity index (χ0v) is 23.2. The van der Waals surface area contributed by atoms with Gasteiger partial charge >= 0.3 is 12.1 Å². The van der Waals surface area contributed by atoms with Crippen LogP contribution in [0.4, 0.5) is 24.5 Å². The number of likely N-dealkylation sites (N-methyl/N-ethyl adjacent to an activating group) is 1. The second kappa shape index (κ2) is 13.3. The van der Waals surface area contributed by atoms with Crippen molar-refractivity contribution in [2.75, 3.05) is 62.5 Å². The van der Waals surface area contributed by atoms with E-state index in [9.17, 15) is 31.2 Å². The number of nitrogens with zero attached hydrogens (tertiary/aromatic N) is 3. The van der Waals surface area contributed by atoms with Crippen LogP contribution in [0.3, 0.4) is 0 Å². The van der Waals surface area contributed by atoms with Gasteiger partial charge in [-0.3, -0.25) is 14.3 Å². The average molecular weight is 606 g/mol. The molecule has 2 aromatic rings. The van der Waals surface area contributed by atoms with Gasteiger partial charge in [0.2, 0.25) is 5.91 Å². The number of amides is 2. The van der Waals surface area contributed by atoms with Gasteiger partial charge in [0.25, 0.3) is 15.9 Å². The Morgan fingerprint density at radius 3 is 2.27 bits per heavy atom. The quantitative estimate of drug-likeness (QED) is 0.437. The number of rotatable bonds is 7. The molecule has 2 fully saturated rings. The summed E-state index contributed by atoms with van der Waals surface area (Å²) in [4.78, 5) is 39.7. The Balaban J connectivity index is 0.000000559. The first-order chi connectivity index (χ1) is 18.8. The number of carboxylic acid groups (broad SMARTS) is 1. The molecule has 2 aliphatic heterocycles. The molecule has 3 heterocycles. The second-order valence-corrected chi connectivity index (χ2v) is 11.9. The third kappa shape index (κ3) is 8.32. The summed E-state index contributed by atoms with van der Waals surface area (Å²) < 4.78 is 60.5. The molecule has 0 bridgehead atoms. The Morgan fingerprint density at radius 2 is 1.73 bits per heavy atom. The fraction of sp³-hybridized carbons (Fsp3) is 0.458. The molecule has 2 saturated heterocycles. The summed E-state index contributed by atoms with van der Waals surface area (Å²) >= 11 is 1.13. The lowest BCUT2D eigenvalue weighted by Crippen LogP contribution is -2.44. The van der Waals surface area contributed by atoms with Gasteiger partial charge in [0, 0.05) is 51.9 Å². The number of anilines is 2. The fourth-order valence-electron chi connectivity index (χ4n) is 4.11. The first kappa shape index (κ1) is 31.2. The van der Waals surface area contributed by atoms with Crippen LogP contribution in [0.25, 0.3) is 0 Å². The van der Waals surface area contributed by atoms with E-state index in [-0.39, 0.29) is 22.6 Å². The minimum absolute atomic E-state index is 0.00532. The zero-order valence-electron chi connectivity index (χ0n) is 21.6. The van der Waals surface area contributed by atoms with E-state index >= 15 is 0 Å². The molecule has 0 saturated carbocycles. The van der Waals surface area contributed by atoms with Crippen LogP contribution in [0.15, 0.2) is 39.9 Å². The summed E-state index contributed by atoms with van der Waals surface area (Å²) in [7, 11) is -2.19. The Kier molecular flexibility index (Phi) is 10.4. The van der Waals surface area contributed by atoms with Crippen LogP contribution >= 0.6 is 11.3 Å². The third-order valence-electron chi connectivity index (χ3n) is 6.13. The highest BCUT2D eigenvalue weighted by Crippen LogP contribution is 2.31. The van der Waals surface area contributed by atoms with Gasteiger partial charge in [0.1, 0.15) is 4.21 Å². The molecule has 2 amide bonds. The van der Waals surface area contributed by atoms with E-state index in [0.717, 1.165) is 69.1 Å². The number of benzene rings is 1. The topological polar surface area (TPSA) is 139 Å². The molecule has 0 unspecified atom stereocenters. The highest BCUT2D eigenvalue weighted by atomic mass is 32.2. The molecule has 0 aliphatic carbocycles. The van der Waals surface area contributed by atoms with Gasteiger partial charge in [-0.05, 0) is 42.5 Å².